The lowest BCUT2D eigenvalue weighted by Crippen LogP contribution is -1.86. The van der Waals surface area contributed by atoms with Gasteiger partial charge in [0, 0.05) is 17.7 Å². The highest BCUT2D eigenvalue weighted by atomic mass is 32.1. The van der Waals surface area contributed by atoms with Crippen LogP contribution in [-0.2, 0) is 0 Å². The standard InChI is InChI=1S/C13H8N2O4S/c16-9-5-6-10-11(12(9)17)14-13(20-10)7-1-3-8(4-2-7)15(18)19/h1-6,16-17H. The summed E-state index contributed by atoms with van der Waals surface area (Å²) in [6.07, 6.45) is 0. The number of aromatic nitrogens is 1. The molecule has 0 aliphatic rings. The van der Waals surface area contributed by atoms with Crippen LogP contribution in [0.3, 0.4) is 0 Å². The second-order valence-electron chi connectivity index (χ2n) is 4.10. The number of rotatable bonds is 2. The van der Waals surface area contributed by atoms with Gasteiger partial charge in [0.25, 0.3) is 5.69 Å². The number of non-ortho nitro benzene ring substituents is 1. The molecule has 0 fully saturated rings. The maximum atomic E-state index is 10.6. The Bertz CT molecular complexity index is 811. The third-order valence-corrected chi connectivity index (χ3v) is 3.91. The highest BCUT2D eigenvalue weighted by Gasteiger charge is 2.13. The molecular weight excluding hydrogens is 280 g/mol. The fraction of sp³-hybridized carbons (Fsp3) is 0. The van der Waals surface area contributed by atoms with Crippen LogP contribution in [0.5, 0.6) is 11.5 Å². The van der Waals surface area contributed by atoms with Gasteiger partial charge in [-0.1, -0.05) is 0 Å². The van der Waals surface area contributed by atoms with Crippen LogP contribution < -0.4 is 0 Å². The van der Waals surface area contributed by atoms with Crippen molar-refractivity contribution in [1.82, 2.24) is 4.98 Å². The van der Waals surface area contributed by atoms with Gasteiger partial charge in [0.2, 0.25) is 0 Å². The first-order valence-electron chi connectivity index (χ1n) is 5.62. The van der Waals surface area contributed by atoms with E-state index in [4.69, 9.17) is 0 Å². The molecule has 7 heteroatoms. The third kappa shape index (κ3) is 1.94. The van der Waals surface area contributed by atoms with Crippen molar-refractivity contribution < 1.29 is 15.1 Å². The van der Waals surface area contributed by atoms with E-state index in [2.05, 4.69) is 4.98 Å². The molecule has 0 bridgehead atoms. The van der Waals surface area contributed by atoms with E-state index in [1.54, 1.807) is 18.2 Å². The largest absolute Gasteiger partial charge is 0.504 e. The SMILES string of the molecule is O=[N+]([O-])c1ccc(-c2nc3c(O)c(O)ccc3s2)cc1. The van der Waals surface area contributed by atoms with Gasteiger partial charge in [-0.25, -0.2) is 4.98 Å². The van der Waals surface area contributed by atoms with Crippen LogP contribution in [0.2, 0.25) is 0 Å². The molecule has 0 amide bonds. The monoisotopic (exact) mass is 288 g/mol. The Morgan fingerprint density at radius 3 is 2.45 bits per heavy atom. The number of phenolic OH excluding ortho intramolecular Hbond substituents is 2. The molecule has 3 rings (SSSR count). The maximum Gasteiger partial charge on any atom is 0.269 e. The minimum atomic E-state index is -0.466. The normalized spacial score (nSPS) is 10.8. The number of nitro benzene ring substituents is 1. The molecule has 0 aliphatic heterocycles. The number of aromatic hydroxyl groups is 2. The second-order valence-corrected chi connectivity index (χ2v) is 5.13. The molecular formula is C13H8N2O4S. The van der Waals surface area contributed by atoms with Gasteiger partial charge in [-0.3, -0.25) is 10.1 Å². The van der Waals surface area contributed by atoms with Crippen molar-refractivity contribution in [3.05, 3.63) is 46.5 Å². The predicted octanol–water partition coefficient (Wildman–Crippen LogP) is 3.28. The molecule has 2 N–H and O–H groups in total. The summed E-state index contributed by atoms with van der Waals surface area (Å²) in [4.78, 5) is 14.4. The summed E-state index contributed by atoms with van der Waals surface area (Å²) >= 11 is 1.34. The molecule has 0 saturated heterocycles. The van der Waals surface area contributed by atoms with E-state index in [-0.39, 0.29) is 17.2 Å². The average Bonchev–Trinajstić information content (AvgIpc) is 2.88. The van der Waals surface area contributed by atoms with Crippen molar-refractivity contribution in [2.75, 3.05) is 0 Å². The van der Waals surface area contributed by atoms with Crippen LogP contribution in [0.1, 0.15) is 0 Å². The Hall–Kier alpha value is -2.67. The Morgan fingerprint density at radius 1 is 1.10 bits per heavy atom. The quantitative estimate of drug-likeness (QED) is 0.428. The zero-order chi connectivity index (χ0) is 14.3. The van der Waals surface area contributed by atoms with E-state index in [1.807, 2.05) is 0 Å². The molecule has 1 heterocycles. The number of hydrogen-bond donors (Lipinski definition) is 2. The van der Waals surface area contributed by atoms with Gasteiger partial charge < -0.3 is 10.2 Å². The van der Waals surface area contributed by atoms with Gasteiger partial charge >= 0.3 is 0 Å². The summed E-state index contributed by atoms with van der Waals surface area (Å²) in [6, 6.07) is 9.07. The van der Waals surface area contributed by atoms with E-state index in [1.165, 1.54) is 29.5 Å². The molecule has 0 unspecified atom stereocenters. The van der Waals surface area contributed by atoms with Crippen LogP contribution >= 0.6 is 11.3 Å². The maximum absolute atomic E-state index is 10.6. The Balaban J connectivity index is 2.10. The first-order chi connectivity index (χ1) is 9.56. The number of fused-ring (bicyclic) bond motifs is 1. The number of benzene rings is 2. The van der Waals surface area contributed by atoms with Crippen molar-refractivity contribution in [2.45, 2.75) is 0 Å². The van der Waals surface area contributed by atoms with E-state index in [0.717, 1.165) is 10.3 Å². The number of thiazole rings is 1. The summed E-state index contributed by atoms with van der Waals surface area (Å²) < 4.78 is 0.730. The number of phenols is 2. The van der Waals surface area contributed by atoms with Crippen molar-refractivity contribution in [1.29, 1.82) is 0 Å². The molecule has 20 heavy (non-hydrogen) atoms. The lowest BCUT2D eigenvalue weighted by atomic mass is 10.2. The highest BCUT2D eigenvalue weighted by molar-refractivity contribution is 7.21. The fourth-order valence-electron chi connectivity index (χ4n) is 1.82. The number of nitro groups is 1. The van der Waals surface area contributed by atoms with E-state index < -0.39 is 4.92 Å². The minimum absolute atomic E-state index is 0.00959. The van der Waals surface area contributed by atoms with Gasteiger partial charge in [0.1, 0.15) is 10.5 Å². The molecule has 0 saturated carbocycles. The zero-order valence-electron chi connectivity index (χ0n) is 9.98. The zero-order valence-corrected chi connectivity index (χ0v) is 10.8. The van der Waals surface area contributed by atoms with Gasteiger partial charge in [-0.2, -0.15) is 0 Å². The van der Waals surface area contributed by atoms with Crippen LogP contribution in [0.4, 0.5) is 5.69 Å². The smallest absolute Gasteiger partial charge is 0.269 e. The topological polar surface area (TPSA) is 96.5 Å². The fourth-order valence-corrected chi connectivity index (χ4v) is 2.79. The van der Waals surface area contributed by atoms with Crippen LogP contribution in [-0.4, -0.2) is 20.1 Å². The first-order valence-corrected chi connectivity index (χ1v) is 6.44. The molecule has 0 aliphatic carbocycles. The van der Waals surface area contributed by atoms with E-state index in [0.29, 0.717) is 10.5 Å². The molecule has 2 aromatic carbocycles. The average molecular weight is 288 g/mol. The van der Waals surface area contributed by atoms with E-state index >= 15 is 0 Å². The van der Waals surface area contributed by atoms with Gasteiger partial charge in [-0.05, 0) is 24.3 Å². The van der Waals surface area contributed by atoms with Crippen molar-refractivity contribution in [2.24, 2.45) is 0 Å². The second kappa shape index (κ2) is 4.46. The number of nitrogens with zero attached hydrogens (tertiary/aromatic N) is 2. The lowest BCUT2D eigenvalue weighted by molar-refractivity contribution is -0.384. The van der Waals surface area contributed by atoms with Crippen molar-refractivity contribution in [3.63, 3.8) is 0 Å². The van der Waals surface area contributed by atoms with Crippen LogP contribution in [0.15, 0.2) is 36.4 Å². The van der Waals surface area contributed by atoms with E-state index in [9.17, 15) is 20.3 Å². The first kappa shape index (κ1) is 12.4. The summed E-state index contributed by atoms with van der Waals surface area (Å²) in [7, 11) is 0. The Morgan fingerprint density at radius 2 is 1.80 bits per heavy atom. The van der Waals surface area contributed by atoms with Gasteiger partial charge in [0.05, 0.1) is 9.62 Å². The van der Waals surface area contributed by atoms with Crippen molar-refractivity contribution in [3.8, 4) is 22.1 Å². The van der Waals surface area contributed by atoms with Gasteiger partial charge in [-0.15, -0.1) is 11.3 Å². The predicted molar refractivity (Wildman–Crippen MR) is 75.0 cm³/mol. The molecule has 0 atom stereocenters. The Kier molecular flexibility index (Phi) is 2.76. The molecule has 6 nitrogen and oxygen atoms in total. The molecule has 3 aromatic rings. The molecule has 1 aromatic heterocycles. The third-order valence-electron chi connectivity index (χ3n) is 2.84. The van der Waals surface area contributed by atoms with Crippen LogP contribution in [0, 0.1) is 10.1 Å². The molecule has 100 valence electrons. The minimum Gasteiger partial charge on any atom is -0.504 e. The van der Waals surface area contributed by atoms with Gasteiger partial charge in [0.15, 0.2) is 11.5 Å². The van der Waals surface area contributed by atoms with Crippen LogP contribution in [0.25, 0.3) is 20.8 Å². The summed E-state index contributed by atoms with van der Waals surface area (Å²) in [5.74, 6) is -0.482. The van der Waals surface area contributed by atoms with Crippen molar-refractivity contribution >= 4 is 27.2 Å². The highest BCUT2D eigenvalue weighted by Crippen LogP contribution is 2.38. The molecule has 0 radical (unpaired) electrons. The number of hydrogen-bond acceptors (Lipinski definition) is 6. The lowest BCUT2D eigenvalue weighted by Gasteiger charge is -1.96. The summed E-state index contributed by atoms with van der Waals surface area (Å²) in [5.41, 5.74) is 1.05. The Labute approximate surface area is 116 Å². The molecule has 0 spiro atoms. The summed E-state index contributed by atoms with van der Waals surface area (Å²) in [5, 5.41) is 30.4. The summed E-state index contributed by atoms with van der Waals surface area (Å²) in [6.45, 7) is 0.